The van der Waals surface area contributed by atoms with Gasteiger partial charge < -0.3 is 15.5 Å². The first-order valence-corrected chi connectivity index (χ1v) is 12.4. The monoisotopic (exact) mass is 468 g/mol. The van der Waals surface area contributed by atoms with Crippen LogP contribution in [-0.2, 0) is 22.1 Å². The standard InChI is InChI=1S/C21H32N4O4S2/c1-11(2)14-8-13(5)9-15(12(3)4)17(14)24-20(27)25-31(22,29)18-16(10-26)23-19(30-18)21(6,7)28/h8-9,11-12,26,28H,10H2,1-7H3,(H3,22,24,25,27,29). The van der Waals surface area contributed by atoms with Crippen LogP contribution in [0.25, 0.3) is 0 Å². The van der Waals surface area contributed by atoms with E-state index in [0.29, 0.717) is 5.69 Å². The van der Waals surface area contributed by atoms with Crippen LogP contribution in [0.5, 0.6) is 0 Å². The van der Waals surface area contributed by atoms with Crippen molar-refractivity contribution in [3.8, 4) is 0 Å². The molecule has 2 amide bonds. The average molecular weight is 469 g/mol. The normalized spacial score (nSPS) is 14.1. The number of thiazole rings is 1. The van der Waals surface area contributed by atoms with Crippen LogP contribution in [-0.4, -0.2) is 25.4 Å². The highest BCUT2D eigenvalue weighted by molar-refractivity contribution is 7.93. The molecule has 2 rings (SSSR count). The highest BCUT2D eigenvalue weighted by atomic mass is 32.2. The van der Waals surface area contributed by atoms with Crippen LogP contribution in [0.3, 0.4) is 0 Å². The molecule has 0 aliphatic rings. The summed E-state index contributed by atoms with van der Waals surface area (Å²) in [5, 5.41) is 28.7. The number of nitrogens with two attached hydrogens (primary N) is 1. The summed E-state index contributed by atoms with van der Waals surface area (Å²) in [6, 6.07) is 3.17. The fourth-order valence-electron chi connectivity index (χ4n) is 3.12. The molecule has 2 aromatic rings. The van der Waals surface area contributed by atoms with E-state index < -0.39 is 28.2 Å². The zero-order chi connectivity index (χ0) is 23.7. The Labute approximate surface area is 188 Å². The second-order valence-corrected chi connectivity index (χ2v) is 11.7. The van der Waals surface area contributed by atoms with E-state index in [-0.39, 0.29) is 26.7 Å². The second-order valence-electron chi connectivity index (χ2n) is 8.69. The average Bonchev–Trinajstić information content (AvgIpc) is 3.07. The summed E-state index contributed by atoms with van der Waals surface area (Å²) in [7, 11) is -3.69. The molecule has 31 heavy (non-hydrogen) atoms. The fraction of sp³-hybridized carbons (Fsp3) is 0.524. The number of aryl methyl sites for hydroxylation is 1. The van der Waals surface area contributed by atoms with Gasteiger partial charge in [-0.15, -0.1) is 15.7 Å². The predicted molar refractivity (Wildman–Crippen MR) is 125 cm³/mol. The van der Waals surface area contributed by atoms with Crippen LogP contribution in [0.15, 0.2) is 20.7 Å². The minimum absolute atomic E-state index is 0.0284. The Balaban J connectivity index is 2.53. The Morgan fingerprint density at radius 3 is 2.19 bits per heavy atom. The fourth-order valence-corrected chi connectivity index (χ4v) is 5.58. The third-order valence-electron chi connectivity index (χ3n) is 4.64. The van der Waals surface area contributed by atoms with Gasteiger partial charge in [0.05, 0.1) is 12.3 Å². The maximum absolute atomic E-state index is 13.1. The third kappa shape index (κ3) is 5.89. The largest absolute Gasteiger partial charge is 0.390 e. The highest BCUT2D eigenvalue weighted by Gasteiger charge is 2.27. The minimum Gasteiger partial charge on any atom is -0.390 e. The predicted octanol–water partition coefficient (Wildman–Crippen LogP) is 4.35. The summed E-state index contributed by atoms with van der Waals surface area (Å²) in [6.45, 7) is 12.6. The van der Waals surface area contributed by atoms with Crippen molar-refractivity contribution in [2.45, 2.75) is 76.7 Å². The van der Waals surface area contributed by atoms with E-state index in [4.69, 9.17) is 5.14 Å². The number of aliphatic hydroxyl groups is 2. The number of benzene rings is 1. The number of aromatic nitrogens is 1. The summed E-state index contributed by atoms with van der Waals surface area (Å²) < 4.78 is 16.8. The van der Waals surface area contributed by atoms with Crippen molar-refractivity contribution in [2.75, 3.05) is 5.32 Å². The molecule has 1 atom stereocenters. The molecule has 8 nitrogen and oxygen atoms in total. The van der Waals surface area contributed by atoms with Gasteiger partial charge >= 0.3 is 6.03 Å². The molecule has 1 unspecified atom stereocenters. The maximum Gasteiger partial charge on any atom is 0.354 e. The Kier molecular flexibility index (Phi) is 7.65. The lowest BCUT2D eigenvalue weighted by Gasteiger charge is -2.20. The highest BCUT2D eigenvalue weighted by Crippen LogP contribution is 2.35. The lowest BCUT2D eigenvalue weighted by atomic mass is 9.90. The van der Waals surface area contributed by atoms with Crippen LogP contribution >= 0.6 is 11.3 Å². The van der Waals surface area contributed by atoms with Gasteiger partial charge in [-0.25, -0.2) is 19.1 Å². The van der Waals surface area contributed by atoms with Crippen LogP contribution in [0.2, 0.25) is 0 Å². The van der Waals surface area contributed by atoms with Crippen LogP contribution in [0.1, 0.15) is 80.8 Å². The molecule has 0 fully saturated rings. The third-order valence-corrected chi connectivity index (χ3v) is 8.01. The first kappa shape index (κ1) is 25.4. The Morgan fingerprint density at radius 1 is 1.26 bits per heavy atom. The van der Waals surface area contributed by atoms with Gasteiger partial charge in [-0.3, -0.25) is 0 Å². The van der Waals surface area contributed by atoms with Gasteiger partial charge in [-0.2, -0.15) is 0 Å². The molecule has 1 aromatic carbocycles. The molecule has 0 bridgehead atoms. The van der Waals surface area contributed by atoms with Crippen molar-refractivity contribution < 1.29 is 19.2 Å². The summed E-state index contributed by atoms with van der Waals surface area (Å²) >= 11 is 0.869. The first-order valence-electron chi connectivity index (χ1n) is 10.0. The number of anilines is 1. The Morgan fingerprint density at radius 2 is 1.77 bits per heavy atom. The van der Waals surface area contributed by atoms with E-state index in [1.54, 1.807) is 0 Å². The molecule has 0 aliphatic heterocycles. The summed E-state index contributed by atoms with van der Waals surface area (Å²) in [4.78, 5) is 16.9. The lowest BCUT2D eigenvalue weighted by molar-refractivity contribution is 0.0779. The van der Waals surface area contributed by atoms with Gasteiger partial charge in [-0.05, 0) is 43.7 Å². The van der Waals surface area contributed by atoms with E-state index in [1.807, 2.05) is 46.8 Å². The van der Waals surface area contributed by atoms with Gasteiger partial charge in [0.1, 0.15) is 14.8 Å². The number of urea groups is 1. The molecule has 10 heteroatoms. The number of nitrogens with zero attached hydrogens (tertiary/aromatic N) is 2. The molecule has 0 aliphatic carbocycles. The Hall–Kier alpha value is -1.85. The molecule has 0 saturated carbocycles. The summed E-state index contributed by atoms with van der Waals surface area (Å²) in [5.41, 5.74) is 2.35. The quantitative estimate of drug-likeness (QED) is 0.499. The van der Waals surface area contributed by atoms with Crippen molar-refractivity contribution in [3.05, 3.63) is 39.5 Å². The number of carbonyl (C=O) groups is 1. The van der Waals surface area contributed by atoms with Crippen molar-refractivity contribution in [1.82, 2.24) is 4.98 Å². The zero-order valence-corrected chi connectivity index (χ0v) is 20.6. The molecule has 1 aromatic heterocycles. The number of nitrogens with one attached hydrogen (secondary N) is 1. The van der Waals surface area contributed by atoms with Gasteiger partial charge in [0.15, 0.2) is 9.92 Å². The van der Waals surface area contributed by atoms with E-state index >= 15 is 0 Å². The van der Waals surface area contributed by atoms with E-state index in [2.05, 4.69) is 14.7 Å². The SMILES string of the molecule is Cc1cc(C(C)C)c(NC(=O)N=S(N)(=O)c2sc(C(C)(C)O)nc2CO)c(C(C)C)c1. The number of hydrogen-bond acceptors (Lipinski definition) is 6. The number of amides is 2. The van der Waals surface area contributed by atoms with Crippen molar-refractivity contribution in [1.29, 1.82) is 0 Å². The lowest BCUT2D eigenvalue weighted by Crippen LogP contribution is -2.19. The molecule has 0 saturated heterocycles. The maximum atomic E-state index is 13.1. The van der Waals surface area contributed by atoms with Crippen LogP contribution in [0.4, 0.5) is 10.5 Å². The molecular weight excluding hydrogens is 436 g/mol. The van der Waals surface area contributed by atoms with Crippen molar-refractivity contribution >= 4 is 33.0 Å². The summed E-state index contributed by atoms with van der Waals surface area (Å²) in [6.07, 6.45) is 0. The number of aliphatic hydroxyl groups excluding tert-OH is 1. The Bertz CT molecular complexity index is 1060. The molecule has 172 valence electrons. The molecule has 0 radical (unpaired) electrons. The number of rotatable bonds is 6. The smallest absolute Gasteiger partial charge is 0.354 e. The van der Waals surface area contributed by atoms with Crippen LogP contribution < -0.4 is 10.5 Å². The molecule has 1 heterocycles. The number of carbonyl (C=O) groups excluding carboxylic acids is 1. The van der Waals surface area contributed by atoms with E-state index in [9.17, 15) is 19.2 Å². The molecule has 0 spiro atoms. The summed E-state index contributed by atoms with van der Waals surface area (Å²) in [5.74, 6) is 0.290. The van der Waals surface area contributed by atoms with Crippen LogP contribution in [0, 0.1) is 6.92 Å². The van der Waals surface area contributed by atoms with E-state index in [0.717, 1.165) is 28.0 Å². The van der Waals surface area contributed by atoms with Crippen molar-refractivity contribution in [2.24, 2.45) is 9.50 Å². The van der Waals surface area contributed by atoms with Gasteiger partial charge in [0.25, 0.3) is 0 Å². The topological polar surface area (TPSA) is 138 Å². The molecule has 5 N–H and O–H groups in total. The first-order chi connectivity index (χ1) is 14.2. The van der Waals surface area contributed by atoms with E-state index in [1.165, 1.54) is 13.8 Å². The minimum atomic E-state index is -3.69. The number of hydrogen-bond donors (Lipinski definition) is 4. The van der Waals surface area contributed by atoms with Gasteiger partial charge in [0.2, 0.25) is 0 Å². The molecular formula is C21H32N4O4S2. The van der Waals surface area contributed by atoms with Gasteiger partial charge in [-0.1, -0.05) is 45.4 Å². The zero-order valence-electron chi connectivity index (χ0n) is 19.0. The second kappa shape index (κ2) is 9.33. The van der Waals surface area contributed by atoms with Gasteiger partial charge in [0, 0.05) is 5.69 Å². The van der Waals surface area contributed by atoms with Crippen molar-refractivity contribution in [3.63, 3.8) is 0 Å².